The summed E-state index contributed by atoms with van der Waals surface area (Å²) in [6.07, 6.45) is 3.12. The first-order valence-corrected chi connectivity index (χ1v) is 4.47. The number of aliphatic hydroxyl groups excluding tert-OH is 1. The Balaban J connectivity index is 4.14. The third kappa shape index (κ3) is 3.37. The highest BCUT2D eigenvalue weighted by atomic mass is 16.5. The molecule has 12 heavy (non-hydrogen) atoms. The van der Waals surface area contributed by atoms with Crippen LogP contribution in [0, 0.1) is 5.92 Å². The van der Waals surface area contributed by atoms with Crippen LogP contribution in [0.1, 0.15) is 27.2 Å². The van der Waals surface area contributed by atoms with E-state index in [1.165, 1.54) is 5.57 Å². The van der Waals surface area contributed by atoms with Gasteiger partial charge in [-0.3, -0.25) is 0 Å². The van der Waals surface area contributed by atoms with Crippen molar-refractivity contribution < 1.29 is 9.84 Å². The van der Waals surface area contributed by atoms with Crippen LogP contribution in [0.5, 0.6) is 0 Å². The molecule has 0 aromatic rings. The summed E-state index contributed by atoms with van der Waals surface area (Å²) in [7, 11) is 1.73. The van der Waals surface area contributed by atoms with E-state index in [1.54, 1.807) is 7.11 Å². The summed E-state index contributed by atoms with van der Waals surface area (Å²) in [4.78, 5) is 0. The van der Waals surface area contributed by atoms with Crippen LogP contribution >= 0.6 is 0 Å². The van der Waals surface area contributed by atoms with Gasteiger partial charge in [-0.15, -0.1) is 0 Å². The normalized spacial score (nSPS) is 17.6. The van der Waals surface area contributed by atoms with E-state index in [0.717, 1.165) is 6.42 Å². The Hall–Kier alpha value is -0.340. The molecule has 0 rings (SSSR count). The van der Waals surface area contributed by atoms with Gasteiger partial charge in [-0.25, -0.2) is 0 Å². The molecule has 0 saturated carbocycles. The van der Waals surface area contributed by atoms with Gasteiger partial charge in [0.1, 0.15) is 0 Å². The Bertz CT molecular complexity index is 137. The first-order valence-electron chi connectivity index (χ1n) is 4.47. The average molecular weight is 172 g/mol. The van der Waals surface area contributed by atoms with Gasteiger partial charge in [0, 0.05) is 13.0 Å². The molecule has 2 heteroatoms. The largest absolute Gasteiger partial charge is 0.392 e. The molecule has 0 saturated heterocycles. The minimum absolute atomic E-state index is 0.121. The molecular weight excluding hydrogens is 152 g/mol. The topological polar surface area (TPSA) is 29.5 Å². The first-order chi connectivity index (χ1) is 5.67. The maximum absolute atomic E-state index is 8.70. The quantitative estimate of drug-likeness (QED) is 0.643. The second-order valence-electron chi connectivity index (χ2n) is 3.10. The summed E-state index contributed by atoms with van der Waals surface area (Å²) in [5.74, 6) is 0.396. The van der Waals surface area contributed by atoms with E-state index in [2.05, 4.69) is 13.8 Å². The Morgan fingerprint density at radius 3 is 2.50 bits per heavy atom. The molecule has 0 fully saturated rings. The summed E-state index contributed by atoms with van der Waals surface area (Å²) in [6.45, 7) is 6.38. The Morgan fingerprint density at radius 1 is 1.58 bits per heavy atom. The van der Waals surface area contributed by atoms with E-state index < -0.39 is 0 Å². The summed E-state index contributed by atoms with van der Waals surface area (Å²) in [5.41, 5.74) is 1.20. The highest BCUT2D eigenvalue weighted by Gasteiger charge is 2.15. The monoisotopic (exact) mass is 172 g/mol. The number of aliphatic hydroxyl groups is 1. The molecule has 0 spiro atoms. The minimum Gasteiger partial charge on any atom is -0.392 e. The molecule has 0 bridgehead atoms. The van der Waals surface area contributed by atoms with Crippen LogP contribution in [-0.2, 0) is 4.74 Å². The third-order valence-electron chi connectivity index (χ3n) is 2.39. The lowest BCUT2D eigenvalue weighted by Gasteiger charge is -2.21. The second-order valence-corrected chi connectivity index (χ2v) is 3.10. The van der Waals surface area contributed by atoms with Crippen LogP contribution in [-0.4, -0.2) is 24.9 Å². The van der Waals surface area contributed by atoms with Crippen molar-refractivity contribution in [2.45, 2.75) is 33.3 Å². The molecule has 1 N–H and O–H groups in total. The molecular formula is C10H20O2. The van der Waals surface area contributed by atoms with Gasteiger partial charge in [-0.1, -0.05) is 25.5 Å². The first kappa shape index (κ1) is 11.7. The van der Waals surface area contributed by atoms with Crippen LogP contribution in [0.3, 0.4) is 0 Å². The van der Waals surface area contributed by atoms with Crippen molar-refractivity contribution in [3.05, 3.63) is 11.6 Å². The van der Waals surface area contributed by atoms with E-state index in [0.29, 0.717) is 5.92 Å². The van der Waals surface area contributed by atoms with Gasteiger partial charge in [0.25, 0.3) is 0 Å². The number of hydrogen-bond donors (Lipinski definition) is 1. The van der Waals surface area contributed by atoms with Gasteiger partial charge < -0.3 is 9.84 Å². The van der Waals surface area contributed by atoms with Crippen molar-refractivity contribution in [2.75, 3.05) is 13.7 Å². The molecule has 0 aliphatic rings. The molecule has 0 radical (unpaired) electrons. The average Bonchev–Trinajstić information content (AvgIpc) is 2.07. The Morgan fingerprint density at radius 2 is 2.17 bits per heavy atom. The van der Waals surface area contributed by atoms with E-state index in [4.69, 9.17) is 9.84 Å². The van der Waals surface area contributed by atoms with Gasteiger partial charge >= 0.3 is 0 Å². The van der Waals surface area contributed by atoms with Gasteiger partial charge in [-0.2, -0.15) is 0 Å². The van der Waals surface area contributed by atoms with E-state index >= 15 is 0 Å². The fourth-order valence-electron chi connectivity index (χ4n) is 1.35. The highest BCUT2D eigenvalue weighted by molar-refractivity contribution is 5.04. The maximum Gasteiger partial charge on any atom is 0.0631 e. The number of rotatable bonds is 5. The Labute approximate surface area is 75.2 Å². The third-order valence-corrected chi connectivity index (χ3v) is 2.39. The maximum atomic E-state index is 8.70. The molecule has 0 amide bonds. The highest BCUT2D eigenvalue weighted by Crippen LogP contribution is 2.18. The molecule has 0 aliphatic carbocycles. The lowest BCUT2D eigenvalue weighted by Crippen LogP contribution is -2.20. The molecule has 0 aliphatic heterocycles. The number of ether oxygens (including phenoxy) is 1. The predicted molar refractivity (Wildman–Crippen MR) is 51.1 cm³/mol. The fraction of sp³-hybridized carbons (Fsp3) is 0.800. The minimum atomic E-state index is 0.121. The van der Waals surface area contributed by atoms with Crippen molar-refractivity contribution in [1.82, 2.24) is 0 Å². The van der Waals surface area contributed by atoms with Gasteiger partial charge in [-0.05, 0) is 13.3 Å². The SMILES string of the molecule is CCC(OC)C(C)C(C)=CCO. The Kier molecular flexibility index (Phi) is 6.03. The number of hydrogen-bond acceptors (Lipinski definition) is 2. The molecule has 72 valence electrons. The van der Waals surface area contributed by atoms with Crippen molar-refractivity contribution in [3.63, 3.8) is 0 Å². The predicted octanol–water partition coefficient (Wildman–Crippen LogP) is 1.99. The van der Waals surface area contributed by atoms with Crippen LogP contribution in [0.25, 0.3) is 0 Å². The molecule has 2 nitrogen and oxygen atoms in total. The number of methoxy groups -OCH3 is 1. The summed E-state index contributed by atoms with van der Waals surface area (Å²) >= 11 is 0. The molecule has 0 aromatic heterocycles. The molecule has 2 atom stereocenters. The van der Waals surface area contributed by atoms with Crippen LogP contribution in [0.15, 0.2) is 11.6 Å². The van der Waals surface area contributed by atoms with Crippen molar-refractivity contribution in [2.24, 2.45) is 5.92 Å². The van der Waals surface area contributed by atoms with Gasteiger partial charge in [0.15, 0.2) is 0 Å². The summed E-state index contributed by atoms with van der Waals surface area (Å²) in [5, 5.41) is 8.70. The lowest BCUT2D eigenvalue weighted by atomic mass is 9.94. The smallest absolute Gasteiger partial charge is 0.0631 e. The van der Waals surface area contributed by atoms with Crippen molar-refractivity contribution in [3.8, 4) is 0 Å². The van der Waals surface area contributed by atoms with Gasteiger partial charge in [0.05, 0.1) is 12.7 Å². The van der Waals surface area contributed by atoms with Crippen LogP contribution in [0.4, 0.5) is 0 Å². The molecule has 2 unspecified atom stereocenters. The zero-order valence-corrected chi connectivity index (χ0v) is 8.50. The van der Waals surface area contributed by atoms with E-state index in [1.807, 2.05) is 13.0 Å². The fourth-order valence-corrected chi connectivity index (χ4v) is 1.35. The summed E-state index contributed by atoms with van der Waals surface area (Å²) in [6, 6.07) is 0. The van der Waals surface area contributed by atoms with E-state index in [9.17, 15) is 0 Å². The second kappa shape index (κ2) is 6.21. The van der Waals surface area contributed by atoms with Gasteiger partial charge in [0.2, 0.25) is 0 Å². The standard InChI is InChI=1S/C10H20O2/c1-5-10(12-4)9(3)8(2)6-7-11/h6,9-11H,5,7H2,1-4H3. The molecule has 0 aromatic carbocycles. The zero-order valence-electron chi connectivity index (χ0n) is 8.50. The van der Waals surface area contributed by atoms with E-state index in [-0.39, 0.29) is 12.7 Å². The molecule has 0 heterocycles. The zero-order chi connectivity index (χ0) is 9.56. The van der Waals surface area contributed by atoms with Crippen LogP contribution < -0.4 is 0 Å². The summed E-state index contributed by atoms with van der Waals surface area (Å²) < 4.78 is 5.31. The van der Waals surface area contributed by atoms with Crippen molar-refractivity contribution >= 4 is 0 Å². The lowest BCUT2D eigenvalue weighted by molar-refractivity contribution is 0.0675. The van der Waals surface area contributed by atoms with Crippen LogP contribution in [0.2, 0.25) is 0 Å². The van der Waals surface area contributed by atoms with Crippen molar-refractivity contribution in [1.29, 1.82) is 0 Å².